The molecule has 0 bridgehead atoms. The third-order valence-electron chi connectivity index (χ3n) is 13.2. The largest absolute Gasteiger partial charge is 0.456 e. The van der Waals surface area contributed by atoms with Crippen molar-refractivity contribution in [1.82, 2.24) is 4.57 Å². The van der Waals surface area contributed by atoms with Gasteiger partial charge in [-0.15, -0.1) is 0 Å². The van der Waals surface area contributed by atoms with Crippen LogP contribution in [0.25, 0.3) is 104 Å². The van der Waals surface area contributed by atoms with Crippen molar-refractivity contribution in [3.05, 3.63) is 243 Å². The van der Waals surface area contributed by atoms with E-state index < -0.39 is 0 Å². The van der Waals surface area contributed by atoms with Crippen molar-refractivity contribution in [2.45, 2.75) is 0 Å². The van der Waals surface area contributed by atoms with Crippen LogP contribution in [0.15, 0.2) is 247 Å². The Kier molecular flexibility index (Phi) is 8.53. The predicted molar refractivity (Wildman–Crippen MR) is 274 cm³/mol. The van der Waals surface area contributed by atoms with Crippen LogP contribution in [0.3, 0.4) is 0 Å². The van der Waals surface area contributed by atoms with E-state index in [1.54, 1.807) is 0 Å². The van der Waals surface area contributed by atoms with Gasteiger partial charge in [0.05, 0.1) is 11.0 Å². The Bertz CT molecular complexity index is 3900. The van der Waals surface area contributed by atoms with Crippen LogP contribution in [0.4, 0.5) is 17.1 Å². The highest BCUT2D eigenvalue weighted by Gasteiger charge is 2.20. The standard InChI is InChI=1S/C62H40N2O/c1-3-12-41(13-4-1)43-28-33-49(34-29-43)63(51-37-38-55-54-18-9-10-21-58(54)65-59(55)40-51)50-35-30-44(31-36-50)42-22-24-46(25-23-42)53-19-11-20-56-61-57(64(62(53)56)48-15-5-2-6-16-48)39-32-47-27-26-45-14-7-8-17-52(45)60(47)61/h1-40H. The average molecular weight is 829 g/mol. The van der Waals surface area contributed by atoms with E-state index in [9.17, 15) is 0 Å². The molecule has 0 atom stereocenters. The Hall–Kier alpha value is -8.66. The van der Waals surface area contributed by atoms with Gasteiger partial charge in [0.25, 0.3) is 0 Å². The fourth-order valence-corrected chi connectivity index (χ4v) is 10.1. The molecule has 65 heavy (non-hydrogen) atoms. The highest BCUT2D eigenvalue weighted by atomic mass is 16.3. The van der Waals surface area contributed by atoms with Crippen LogP contribution < -0.4 is 4.90 Å². The molecule has 11 aromatic carbocycles. The zero-order chi connectivity index (χ0) is 42.8. The molecule has 0 aliphatic rings. The molecule has 0 saturated heterocycles. The Labute approximate surface area is 376 Å². The van der Waals surface area contributed by atoms with Crippen molar-refractivity contribution in [2.75, 3.05) is 4.90 Å². The van der Waals surface area contributed by atoms with E-state index in [-0.39, 0.29) is 0 Å². The minimum atomic E-state index is 0.869. The van der Waals surface area contributed by atoms with Crippen LogP contribution in [-0.2, 0) is 0 Å². The summed E-state index contributed by atoms with van der Waals surface area (Å²) in [6.45, 7) is 0. The zero-order valence-electron chi connectivity index (χ0n) is 35.4. The van der Waals surface area contributed by atoms with Crippen molar-refractivity contribution in [1.29, 1.82) is 0 Å². The first-order valence-electron chi connectivity index (χ1n) is 22.2. The zero-order valence-corrected chi connectivity index (χ0v) is 35.4. The second-order valence-corrected chi connectivity index (χ2v) is 16.9. The summed E-state index contributed by atoms with van der Waals surface area (Å²) in [4.78, 5) is 2.31. The summed E-state index contributed by atoms with van der Waals surface area (Å²) in [7, 11) is 0. The van der Waals surface area contributed by atoms with Gasteiger partial charge in [0.15, 0.2) is 0 Å². The second kappa shape index (κ2) is 15.0. The number of aromatic nitrogens is 1. The Morgan fingerprint density at radius 3 is 1.60 bits per heavy atom. The summed E-state index contributed by atoms with van der Waals surface area (Å²) >= 11 is 0. The molecule has 13 rings (SSSR count). The molecule has 2 aromatic heterocycles. The van der Waals surface area contributed by atoms with Gasteiger partial charge >= 0.3 is 0 Å². The van der Waals surface area contributed by atoms with Crippen molar-refractivity contribution in [2.24, 2.45) is 0 Å². The molecule has 3 heteroatoms. The number of benzene rings is 11. The minimum Gasteiger partial charge on any atom is -0.456 e. The quantitative estimate of drug-likeness (QED) is 0.149. The fraction of sp³-hybridized carbons (Fsp3) is 0. The number of anilines is 3. The normalized spacial score (nSPS) is 11.7. The molecule has 0 aliphatic carbocycles. The number of nitrogens with zero attached hydrogens (tertiary/aromatic N) is 2. The van der Waals surface area contributed by atoms with Crippen molar-refractivity contribution < 1.29 is 4.42 Å². The lowest BCUT2D eigenvalue weighted by atomic mass is 9.95. The first kappa shape index (κ1) is 36.9. The molecule has 0 spiro atoms. The average Bonchev–Trinajstić information content (AvgIpc) is 3.93. The molecular formula is C62H40N2O. The summed E-state index contributed by atoms with van der Waals surface area (Å²) in [5.41, 5.74) is 15.6. The van der Waals surface area contributed by atoms with E-state index in [1.807, 2.05) is 12.1 Å². The van der Waals surface area contributed by atoms with Crippen LogP contribution in [0.2, 0.25) is 0 Å². The summed E-state index contributed by atoms with van der Waals surface area (Å²) < 4.78 is 8.84. The molecule has 0 N–H and O–H groups in total. The lowest BCUT2D eigenvalue weighted by molar-refractivity contribution is 0.669. The number of para-hydroxylation sites is 3. The van der Waals surface area contributed by atoms with E-state index in [4.69, 9.17) is 4.42 Å². The molecule has 0 amide bonds. The van der Waals surface area contributed by atoms with Crippen molar-refractivity contribution >= 4 is 82.4 Å². The predicted octanol–water partition coefficient (Wildman–Crippen LogP) is 17.5. The van der Waals surface area contributed by atoms with Crippen LogP contribution in [0.5, 0.6) is 0 Å². The number of furan rings is 1. The molecular weight excluding hydrogens is 789 g/mol. The fourth-order valence-electron chi connectivity index (χ4n) is 10.1. The molecule has 3 nitrogen and oxygen atoms in total. The Morgan fingerprint density at radius 2 is 0.862 bits per heavy atom. The van der Waals surface area contributed by atoms with Crippen molar-refractivity contribution in [3.8, 4) is 39.1 Å². The Morgan fingerprint density at radius 1 is 0.323 bits per heavy atom. The van der Waals surface area contributed by atoms with Gasteiger partial charge in [-0.05, 0) is 110 Å². The van der Waals surface area contributed by atoms with E-state index >= 15 is 0 Å². The monoisotopic (exact) mass is 828 g/mol. The number of hydrogen-bond acceptors (Lipinski definition) is 2. The molecule has 2 heterocycles. The van der Waals surface area contributed by atoms with Crippen LogP contribution >= 0.6 is 0 Å². The summed E-state index contributed by atoms with van der Waals surface area (Å²) in [6, 6.07) is 87.6. The van der Waals surface area contributed by atoms with Gasteiger partial charge in [-0.1, -0.05) is 176 Å². The first-order valence-corrected chi connectivity index (χ1v) is 22.2. The first-order chi connectivity index (χ1) is 32.2. The maximum absolute atomic E-state index is 6.38. The number of hydrogen-bond donors (Lipinski definition) is 0. The number of fused-ring (bicyclic) bond motifs is 10. The minimum absolute atomic E-state index is 0.869. The maximum Gasteiger partial charge on any atom is 0.137 e. The summed E-state index contributed by atoms with van der Waals surface area (Å²) in [5.74, 6) is 0. The molecule has 0 aliphatic heterocycles. The maximum atomic E-state index is 6.38. The SMILES string of the molecule is c1ccc(-c2ccc(N(c3ccc(-c4ccc(-c5cccc6c7c8c(ccc9ccccc98)ccc7n(-c7ccccc7)c56)cc4)cc3)c3ccc4c(c3)oc3ccccc34)cc2)cc1. The third kappa shape index (κ3) is 6.12. The third-order valence-corrected chi connectivity index (χ3v) is 13.2. The van der Waals surface area contributed by atoms with E-state index in [1.165, 1.54) is 65.6 Å². The molecule has 0 radical (unpaired) electrons. The van der Waals surface area contributed by atoms with Gasteiger partial charge in [-0.3, -0.25) is 0 Å². The number of rotatable bonds is 7. The second-order valence-electron chi connectivity index (χ2n) is 16.9. The lowest BCUT2D eigenvalue weighted by Crippen LogP contribution is -2.09. The van der Waals surface area contributed by atoms with Crippen LogP contribution in [0.1, 0.15) is 0 Å². The topological polar surface area (TPSA) is 21.3 Å². The van der Waals surface area contributed by atoms with E-state index in [0.29, 0.717) is 0 Å². The smallest absolute Gasteiger partial charge is 0.137 e. The van der Waals surface area contributed by atoms with Gasteiger partial charge in [0, 0.05) is 55.9 Å². The molecule has 0 unspecified atom stereocenters. The summed E-state index contributed by atoms with van der Waals surface area (Å²) in [5, 5.41) is 9.86. The van der Waals surface area contributed by atoms with Crippen LogP contribution in [-0.4, -0.2) is 4.57 Å². The van der Waals surface area contributed by atoms with Crippen LogP contribution in [0, 0.1) is 0 Å². The molecule has 0 saturated carbocycles. The lowest BCUT2D eigenvalue weighted by Gasteiger charge is -2.26. The summed E-state index contributed by atoms with van der Waals surface area (Å²) in [6.07, 6.45) is 0. The van der Waals surface area contributed by atoms with Gasteiger partial charge in [-0.25, -0.2) is 0 Å². The van der Waals surface area contributed by atoms with E-state index in [0.717, 1.165) is 55.8 Å². The molecule has 13 aromatic rings. The highest BCUT2D eigenvalue weighted by Crippen LogP contribution is 2.44. The van der Waals surface area contributed by atoms with Gasteiger partial charge in [-0.2, -0.15) is 0 Å². The van der Waals surface area contributed by atoms with Gasteiger partial charge in [0.2, 0.25) is 0 Å². The highest BCUT2D eigenvalue weighted by molar-refractivity contribution is 6.29. The molecule has 0 fully saturated rings. The van der Waals surface area contributed by atoms with Gasteiger partial charge < -0.3 is 13.9 Å². The molecule has 304 valence electrons. The van der Waals surface area contributed by atoms with E-state index in [2.05, 4.69) is 240 Å². The van der Waals surface area contributed by atoms with Gasteiger partial charge in [0.1, 0.15) is 11.2 Å². The van der Waals surface area contributed by atoms with Crippen molar-refractivity contribution in [3.63, 3.8) is 0 Å². The Balaban J connectivity index is 0.898.